The molecule has 0 saturated heterocycles. The van der Waals surface area contributed by atoms with Crippen molar-refractivity contribution in [1.82, 2.24) is 0 Å². The third-order valence-electron chi connectivity index (χ3n) is 2.31. The van der Waals surface area contributed by atoms with Crippen molar-refractivity contribution < 1.29 is 10.2 Å². The topological polar surface area (TPSA) is 40.5 Å². The van der Waals surface area contributed by atoms with Crippen LogP contribution < -0.4 is 0 Å². The van der Waals surface area contributed by atoms with Gasteiger partial charge in [0.1, 0.15) is 5.60 Å². The zero-order valence-electron chi connectivity index (χ0n) is 9.83. The summed E-state index contributed by atoms with van der Waals surface area (Å²) in [6, 6.07) is 0. The molecule has 0 aromatic heterocycles. The summed E-state index contributed by atoms with van der Waals surface area (Å²) in [5.41, 5.74) is -1.24. The Balaban J connectivity index is 4.89. The first-order valence-corrected chi connectivity index (χ1v) is 4.90. The highest BCUT2D eigenvalue weighted by molar-refractivity contribution is 5.22. The Bertz CT molecular complexity index is 233. The Hall–Kier alpha value is -0.600. The average Bonchev–Trinajstić information content (AvgIpc) is 1.97. The molecule has 0 heterocycles. The molecule has 2 N–H and O–H groups in total. The molecule has 0 aliphatic carbocycles. The van der Waals surface area contributed by atoms with E-state index in [0.29, 0.717) is 5.57 Å². The molecule has 0 aliphatic heterocycles. The van der Waals surface area contributed by atoms with Crippen LogP contribution in [0.25, 0.3) is 0 Å². The fourth-order valence-electron chi connectivity index (χ4n) is 1.16. The Morgan fingerprint density at radius 1 is 1.21 bits per heavy atom. The average molecular weight is 198 g/mol. The maximum atomic E-state index is 10.2. The summed E-state index contributed by atoms with van der Waals surface area (Å²) < 4.78 is 0. The van der Waals surface area contributed by atoms with Crippen LogP contribution in [0.3, 0.4) is 0 Å². The summed E-state index contributed by atoms with van der Waals surface area (Å²) in [4.78, 5) is 0. The maximum Gasteiger partial charge on any atom is 0.106 e. The van der Waals surface area contributed by atoms with Crippen LogP contribution in [-0.2, 0) is 0 Å². The fraction of sp³-hybridized carbons (Fsp3) is 0.667. The number of rotatable bonds is 4. The van der Waals surface area contributed by atoms with Gasteiger partial charge in [-0.3, -0.25) is 0 Å². The van der Waals surface area contributed by atoms with Crippen molar-refractivity contribution in [3.05, 3.63) is 24.3 Å². The van der Waals surface area contributed by atoms with Crippen LogP contribution in [0.5, 0.6) is 0 Å². The molecule has 0 rings (SSSR count). The highest BCUT2D eigenvalue weighted by Crippen LogP contribution is 2.27. The molecule has 0 fully saturated rings. The second kappa shape index (κ2) is 4.28. The quantitative estimate of drug-likeness (QED) is 0.680. The zero-order chi connectivity index (χ0) is 11.6. The number of aliphatic hydroxyl groups is 2. The van der Waals surface area contributed by atoms with E-state index >= 15 is 0 Å². The van der Waals surface area contributed by atoms with Gasteiger partial charge in [-0.2, -0.15) is 0 Å². The van der Waals surface area contributed by atoms with Gasteiger partial charge >= 0.3 is 0 Å². The number of hydrogen-bond acceptors (Lipinski definition) is 2. The molecule has 2 heteroatoms. The standard InChI is InChI=1S/C12H22O2/c1-9(2)12(14,10(3)4)8-7-11(5,6)13/h7-8,10,13-14H,1H2,2-6H3/b8-7-. The van der Waals surface area contributed by atoms with E-state index in [4.69, 9.17) is 0 Å². The van der Waals surface area contributed by atoms with Crippen molar-refractivity contribution in [2.45, 2.75) is 45.8 Å². The third-order valence-corrected chi connectivity index (χ3v) is 2.31. The Labute approximate surface area is 87.0 Å². The molecule has 0 bridgehead atoms. The summed E-state index contributed by atoms with van der Waals surface area (Å²) >= 11 is 0. The van der Waals surface area contributed by atoms with Gasteiger partial charge in [-0.1, -0.05) is 26.5 Å². The van der Waals surface area contributed by atoms with Gasteiger partial charge in [-0.05, 0) is 38.3 Å². The summed E-state index contributed by atoms with van der Waals surface area (Å²) in [7, 11) is 0. The highest BCUT2D eigenvalue weighted by atomic mass is 16.3. The molecule has 0 aromatic rings. The smallest absolute Gasteiger partial charge is 0.106 e. The Kier molecular flexibility index (Phi) is 4.10. The van der Waals surface area contributed by atoms with Crippen LogP contribution in [0.2, 0.25) is 0 Å². The van der Waals surface area contributed by atoms with E-state index in [1.165, 1.54) is 0 Å². The summed E-state index contributed by atoms with van der Waals surface area (Å²) in [5, 5.41) is 19.7. The highest BCUT2D eigenvalue weighted by Gasteiger charge is 2.29. The molecule has 0 radical (unpaired) electrons. The van der Waals surface area contributed by atoms with Gasteiger partial charge in [0.15, 0.2) is 0 Å². The predicted octanol–water partition coefficient (Wildman–Crippen LogP) is 2.28. The molecule has 2 nitrogen and oxygen atoms in total. The SMILES string of the molecule is C=C(C)C(O)(/C=C\C(C)(C)O)C(C)C. The largest absolute Gasteiger partial charge is 0.386 e. The van der Waals surface area contributed by atoms with Crippen LogP contribution in [0.1, 0.15) is 34.6 Å². The van der Waals surface area contributed by atoms with Crippen LogP contribution in [0, 0.1) is 5.92 Å². The molecule has 0 saturated carbocycles. The summed E-state index contributed by atoms with van der Waals surface area (Å²) in [5.74, 6) is 0.0404. The van der Waals surface area contributed by atoms with Gasteiger partial charge in [0, 0.05) is 0 Å². The lowest BCUT2D eigenvalue weighted by atomic mass is 9.83. The lowest BCUT2D eigenvalue weighted by Gasteiger charge is -2.30. The molecule has 1 unspecified atom stereocenters. The molecule has 0 amide bonds. The first-order chi connectivity index (χ1) is 6.09. The first kappa shape index (κ1) is 13.4. The van der Waals surface area contributed by atoms with E-state index < -0.39 is 11.2 Å². The van der Waals surface area contributed by atoms with E-state index in [1.807, 2.05) is 13.8 Å². The molecule has 0 aromatic carbocycles. The molecule has 14 heavy (non-hydrogen) atoms. The monoisotopic (exact) mass is 198 g/mol. The normalized spacial score (nSPS) is 17.4. The van der Waals surface area contributed by atoms with Crippen molar-refractivity contribution in [3.8, 4) is 0 Å². The van der Waals surface area contributed by atoms with Crippen molar-refractivity contribution >= 4 is 0 Å². The van der Waals surface area contributed by atoms with Crippen LogP contribution >= 0.6 is 0 Å². The molecule has 1 atom stereocenters. The van der Waals surface area contributed by atoms with E-state index in [1.54, 1.807) is 32.9 Å². The summed E-state index contributed by atoms with van der Waals surface area (Å²) in [6.45, 7) is 12.7. The fourth-order valence-corrected chi connectivity index (χ4v) is 1.16. The van der Waals surface area contributed by atoms with E-state index in [2.05, 4.69) is 6.58 Å². The minimum Gasteiger partial charge on any atom is -0.386 e. The minimum absolute atomic E-state index is 0.0404. The van der Waals surface area contributed by atoms with Crippen molar-refractivity contribution in [2.75, 3.05) is 0 Å². The number of hydrogen-bond donors (Lipinski definition) is 2. The van der Waals surface area contributed by atoms with E-state index in [9.17, 15) is 10.2 Å². The first-order valence-electron chi connectivity index (χ1n) is 4.90. The van der Waals surface area contributed by atoms with E-state index in [-0.39, 0.29) is 5.92 Å². The molecular formula is C12H22O2. The molecule has 0 aliphatic rings. The van der Waals surface area contributed by atoms with Gasteiger partial charge in [0.2, 0.25) is 0 Å². The van der Waals surface area contributed by atoms with Gasteiger partial charge < -0.3 is 10.2 Å². The van der Waals surface area contributed by atoms with Gasteiger partial charge in [-0.25, -0.2) is 0 Å². The van der Waals surface area contributed by atoms with Crippen molar-refractivity contribution in [2.24, 2.45) is 5.92 Å². The Morgan fingerprint density at radius 2 is 1.64 bits per heavy atom. The predicted molar refractivity (Wildman–Crippen MR) is 60.0 cm³/mol. The summed E-state index contributed by atoms with van der Waals surface area (Å²) in [6.07, 6.45) is 3.22. The zero-order valence-corrected chi connectivity index (χ0v) is 9.83. The minimum atomic E-state index is -1.03. The van der Waals surface area contributed by atoms with Gasteiger partial charge in [0.05, 0.1) is 5.60 Å². The second-order valence-corrected chi connectivity index (χ2v) is 4.75. The molecule has 82 valence electrons. The van der Waals surface area contributed by atoms with Crippen LogP contribution in [-0.4, -0.2) is 21.4 Å². The van der Waals surface area contributed by atoms with Crippen LogP contribution in [0.4, 0.5) is 0 Å². The third kappa shape index (κ3) is 3.64. The van der Waals surface area contributed by atoms with Gasteiger partial charge in [0.25, 0.3) is 0 Å². The molecular weight excluding hydrogens is 176 g/mol. The maximum absolute atomic E-state index is 10.2. The van der Waals surface area contributed by atoms with E-state index in [0.717, 1.165) is 0 Å². The molecule has 0 spiro atoms. The second-order valence-electron chi connectivity index (χ2n) is 4.75. The van der Waals surface area contributed by atoms with Crippen molar-refractivity contribution in [3.63, 3.8) is 0 Å². The van der Waals surface area contributed by atoms with Crippen LogP contribution in [0.15, 0.2) is 24.3 Å². The van der Waals surface area contributed by atoms with Crippen molar-refractivity contribution in [1.29, 1.82) is 0 Å². The van der Waals surface area contributed by atoms with Gasteiger partial charge in [-0.15, -0.1) is 0 Å². The Morgan fingerprint density at radius 3 is 1.86 bits per heavy atom. The lowest BCUT2D eigenvalue weighted by Crippen LogP contribution is -2.34. The lowest BCUT2D eigenvalue weighted by molar-refractivity contribution is 0.0752.